The van der Waals surface area contributed by atoms with Gasteiger partial charge in [0.05, 0.1) is 25.2 Å². The third kappa shape index (κ3) is 5.97. The van der Waals surface area contributed by atoms with Crippen LogP contribution in [0, 0.1) is 11.8 Å². The van der Waals surface area contributed by atoms with Crippen molar-refractivity contribution in [1.29, 1.82) is 0 Å². The maximum absolute atomic E-state index is 12.4. The van der Waals surface area contributed by atoms with E-state index in [1.165, 1.54) is 20.1 Å². The molecule has 1 saturated heterocycles. The fraction of sp³-hybridized carbons (Fsp3) is 0.667. The standard InChI is InChI=1S/C24H32O10/c1-13(2)7-19(27)33-22-21-17(8-18(32-14(3)25)24(21)12-31-24)16(11-30-22)10-29-20(28)9-23(5,6)34-15(4)26/h8,11,13,18,21-22H,7,9-10,12H2,1-6H3/t18-,21+,22-,24+/m0/s1. The molecule has 34 heavy (non-hydrogen) atoms. The second-order valence-corrected chi connectivity index (χ2v) is 9.80. The van der Waals surface area contributed by atoms with Gasteiger partial charge in [0.15, 0.2) is 6.10 Å². The van der Waals surface area contributed by atoms with Crippen LogP contribution in [-0.4, -0.2) is 60.7 Å². The van der Waals surface area contributed by atoms with Crippen molar-refractivity contribution in [2.75, 3.05) is 13.2 Å². The largest absolute Gasteiger partial charge is 0.461 e. The van der Waals surface area contributed by atoms with Gasteiger partial charge in [0, 0.05) is 25.8 Å². The summed E-state index contributed by atoms with van der Waals surface area (Å²) in [6.45, 7) is 9.76. The van der Waals surface area contributed by atoms with Crippen molar-refractivity contribution in [2.24, 2.45) is 11.8 Å². The second kappa shape index (κ2) is 9.77. The van der Waals surface area contributed by atoms with Gasteiger partial charge in [-0.1, -0.05) is 13.8 Å². The van der Waals surface area contributed by atoms with Crippen LogP contribution in [0.1, 0.15) is 54.4 Å². The predicted octanol–water partition coefficient (Wildman–Crippen LogP) is 2.35. The van der Waals surface area contributed by atoms with Gasteiger partial charge in [-0.3, -0.25) is 19.2 Å². The zero-order valence-electron chi connectivity index (χ0n) is 20.4. The molecule has 1 spiro atoms. The molecule has 0 unspecified atom stereocenters. The lowest BCUT2D eigenvalue weighted by Crippen LogP contribution is -2.44. The summed E-state index contributed by atoms with van der Waals surface area (Å²) in [7, 11) is 0. The van der Waals surface area contributed by atoms with Crippen molar-refractivity contribution < 1.29 is 47.6 Å². The van der Waals surface area contributed by atoms with Gasteiger partial charge in [-0.15, -0.1) is 0 Å². The molecule has 0 aromatic rings. The predicted molar refractivity (Wildman–Crippen MR) is 116 cm³/mol. The van der Waals surface area contributed by atoms with Crippen molar-refractivity contribution in [3.05, 3.63) is 23.5 Å². The minimum Gasteiger partial charge on any atom is -0.461 e. The molecule has 188 valence electrons. The van der Waals surface area contributed by atoms with Gasteiger partial charge >= 0.3 is 23.9 Å². The zero-order valence-corrected chi connectivity index (χ0v) is 20.4. The molecule has 2 heterocycles. The Morgan fingerprint density at radius 2 is 1.79 bits per heavy atom. The van der Waals surface area contributed by atoms with Crippen LogP contribution in [0.5, 0.6) is 0 Å². The highest BCUT2D eigenvalue weighted by atomic mass is 16.7. The average Bonchev–Trinajstić information content (AvgIpc) is 3.39. The number of carbonyl (C=O) groups is 4. The number of esters is 4. The molecule has 0 N–H and O–H groups in total. The van der Waals surface area contributed by atoms with Crippen LogP contribution < -0.4 is 0 Å². The summed E-state index contributed by atoms with van der Waals surface area (Å²) in [6.07, 6.45) is 1.53. The molecule has 1 fully saturated rings. The van der Waals surface area contributed by atoms with Crippen molar-refractivity contribution >= 4 is 23.9 Å². The van der Waals surface area contributed by atoms with Crippen molar-refractivity contribution in [1.82, 2.24) is 0 Å². The van der Waals surface area contributed by atoms with Crippen LogP contribution in [0.4, 0.5) is 0 Å². The van der Waals surface area contributed by atoms with Gasteiger partial charge in [-0.2, -0.15) is 0 Å². The maximum Gasteiger partial charge on any atom is 0.310 e. The minimum absolute atomic E-state index is 0.108. The van der Waals surface area contributed by atoms with Gasteiger partial charge < -0.3 is 28.4 Å². The van der Waals surface area contributed by atoms with Crippen LogP contribution in [0.3, 0.4) is 0 Å². The molecule has 0 bridgehead atoms. The highest BCUT2D eigenvalue weighted by Gasteiger charge is 2.67. The number of rotatable bonds is 9. The van der Waals surface area contributed by atoms with Crippen LogP contribution in [0.15, 0.2) is 23.5 Å². The minimum atomic E-state index is -1.02. The summed E-state index contributed by atoms with van der Waals surface area (Å²) in [5.41, 5.74) is -0.712. The Hall–Kier alpha value is -2.88. The lowest BCUT2D eigenvalue weighted by atomic mass is 9.85. The third-order valence-electron chi connectivity index (χ3n) is 5.63. The number of hydrogen-bond acceptors (Lipinski definition) is 10. The van der Waals surface area contributed by atoms with E-state index in [1.54, 1.807) is 19.9 Å². The van der Waals surface area contributed by atoms with Gasteiger partial charge in [-0.05, 0) is 31.4 Å². The Balaban J connectivity index is 1.75. The van der Waals surface area contributed by atoms with E-state index in [4.69, 9.17) is 28.4 Å². The van der Waals surface area contributed by atoms with Gasteiger partial charge in [0.25, 0.3) is 6.29 Å². The first-order chi connectivity index (χ1) is 15.8. The molecule has 10 nitrogen and oxygen atoms in total. The molecular weight excluding hydrogens is 448 g/mol. The summed E-state index contributed by atoms with van der Waals surface area (Å²) < 4.78 is 33.1. The molecule has 1 aliphatic carbocycles. The summed E-state index contributed by atoms with van der Waals surface area (Å²) in [5, 5.41) is 0. The molecule has 0 aromatic carbocycles. The normalized spacial score (nSPS) is 27.2. The zero-order chi connectivity index (χ0) is 25.3. The summed E-state index contributed by atoms with van der Waals surface area (Å²) in [5.74, 6) is -2.40. The Labute approximate surface area is 198 Å². The Morgan fingerprint density at radius 3 is 2.35 bits per heavy atom. The lowest BCUT2D eigenvalue weighted by molar-refractivity contribution is -0.186. The van der Waals surface area contributed by atoms with Crippen LogP contribution >= 0.6 is 0 Å². The first kappa shape index (κ1) is 25.7. The highest BCUT2D eigenvalue weighted by molar-refractivity contribution is 5.73. The van der Waals surface area contributed by atoms with Gasteiger partial charge in [-0.25, -0.2) is 0 Å². The Bertz CT molecular complexity index is 909. The molecular formula is C24H32O10. The molecule has 3 aliphatic rings. The highest BCUT2D eigenvalue weighted by Crippen LogP contribution is 2.54. The van der Waals surface area contributed by atoms with Crippen LogP contribution in [0.2, 0.25) is 0 Å². The fourth-order valence-corrected chi connectivity index (χ4v) is 4.27. The van der Waals surface area contributed by atoms with Crippen molar-refractivity contribution in [3.8, 4) is 0 Å². The summed E-state index contributed by atoms with van der Waals surface area (Å²) in [4.78, 5) is 47.6. The topological polar surface area (TPSA) is 127 Å². The number of ether oxygens (including phenoxy) is 6. The van der Waals surface area contributed by atoms with Gasteiger partial charge in [0.2, 0.25) is 0 Å². The number of hydrogen-bond donors (Lipinski definition) is 0. The molecule has 3 rings (SSSR count). The maximum atomic E-state index is 12.4. The van der Waals surface area contributed by atoms with E-state index < -0.39 is 53.4 Å². The van der Waals surface area contributed by atoms with E-state index in [-0.39, 0.29) is 25.4 Å². The van der Waals surface area contributed by atoms with E-state index >= 15 is 0 Å². The van der Waals surface area contributed by atoms with E-state index in [2.05, 4.69) is 0 Å². The first-order valence-electron chi connectivity index (χ1n) is 11.3. The summed E-state index contributed by atoms with van der Waals surface area (Å²) in [6, 6.07) is 0. The van der Waals surface area contributed by atoms with E-state index in [0.717, 1.165) is 0 Å². The Kier molecular flexibility index (Phi) is 7.40. The number of fused-ring (bicyclic) bond motifs is 2. The van der Waals surface area contributed by atoms with E-state index in [0.29, 0.717) is 17.8 Å². The molecule has 0 aromatic heterocycles. The first-order valence-corrected chi connectivity index (χ1v) is 11.3. The quantitative estimate of drug-likeness (QED) is 0.276. The average molecular weight is 481 g/mol. The molecule has 0 saturated carbocycles. The monoisotopic (exact) mass is 480 g/mol. The molecule has 0 amide bonds. The van der Waals surface area contributed by atoms with E-state index in [1.807, 2.05) is 13.8 Å². The molecule has 2 aliphatic heterocycles. The Morgan fingerprint density at radius 1 is 1.12 bits per heavy atom. The fourth-order valence-electron chi connectivity index (χ4n) is 4.27. The number of epoxide rings is 1. The third-order valence-corrected chi connectivity index (χ3v) is 5.63. The molecule has 10 heteroatoms. The van der Waals surface area contributed by atoms with Crippen molar-refractivity contribution in [3.63, 3.8) is 0 Å². The number of carbonyl (C=O) groups excluding carboxylic acids is 4. The van der Waals surface area contributed by atoms with E-state index in [9.17, 15) is 19.2 Å². The van der Waals surface area contributed by atoms with Crippen LogP contribution in [0.25, 0.3) is 0 Å². The van der Waals surface area contributed by atoms with Crippen LogP contribution in [-0.2, 0) is 47.6 Å². The molecule has 0 radical (unpaired) electrons. The summed E-state index contributed by atoms with van der Waals surface area (Å²) >= 11 is 0. The van der Waals surface area contributed by atoms with Gasteiger partial charge in [0.1, 0.15) is 17.8 Å². The SMILES string of the molecule is CC(=O)O[C@H]1C=C2C(COC(=O)CC(C)(C)OC(C)=O)=CO[C@@H](OC(=O)CC(C)C)[C@@H]2[C@@]12CO2. The molecule has 4 atom stereocenters. The van der Waals surface area contributed by atoms with Crippen molar-refractivity contribution in [2.45, 2.75) is 78.0 Å². The second-order valence-electron chi connectivity index (χ2n) is 9.80. The lowest BCUT2D eigenvalue weighted by Gasteiger charge is -2.33. The smallest absolute Gasteiger partial charge is 0.310 e.